The van der Waals surface area contributed by atoms with E-state index < -0.39 is 40.2 Å². The molecule has 0 spiro atoms. The van der Waals surface area contributed by atoms with Gasteiger partial charge in [-0.25, -0.2) is 8.42 Å². The number of anilines is 1. The first kappa shape index (κ1) is 33.2. The third-order valence-electron chi connectivity index (χ3n) is 8.23. The van der Waals surface area contributed by atoms with Crippen molar-refractivity contribution in [3.63, 3.8) is 0 Å². The van der Waals surface area contributed by atoms with Gasteiger partial charge in [0.25, 0.3) is 0 Å². The first-order chi connectivity index (χ1) is 21.5. The number of halogens is 4. The zero-order chi connectivity index (χ0) is 32.2. The first-order valence-electron chi connectivity index (χ1n) is 15.2. The molecule has 0 unspecified atom stereocenters. The van der Waals surface area contributed by atoms with Crippen LogP contribution < -0.4 is 9.04 Å². The summed E-state index contributed by atoms with van der Waals surface area (Å²) in [5.74, 6) is 0.745. The molecular weight excluding hydrogens is 627 g/mol. The largest absolute Gasteiger partial charge is 0.508 e. The zero-order valence-corrected chi connectivity index (χ0v) is 26.5. The molecule has 3 aromatic carbocycles. The number of alkyl halides is 3. The van der Waals surface area contributed by atoms with Gasteiger partial charge in [0.1, 0.15) is 29.4 Å². The van der Waals surface area contributed by atoms with E-state index in [4.69, 9.17) is 21.1 Å². The van der Waals surface area contributed by atoms with Crippen molar-refractivity contribution in [1.29, 1.82) is 0 Å². The van der Waals surface area contributed by atoms with Crippen molar-refractivity contribution in [2.45, 2.75) is 75.5 Å². The van der Waals surface area contributed by atoms with Crippen molar-refractivity contribution in [2.24, 2.45) is 0 Å². The molecule has 6 nitrogen and oxygen atoms in total. The van der Waals surface area contributed by atoms with E-state index in [1.165, 1.54) is 62.1 Å². The zero-order valence-electron chi connectivity index (χ0n) is 25.0. The third kappa shape index (κ3) is 7.79. The summed E-state index contributed by atoms with van der Waals surface area (Å²) in [5.41, 5.74) is 2.63. The maximum absolute atomic E-state index is 14.0. The van der Waals surface area contributed by atoms with Gasteiger partial charge in [0.2, 0.25) is 10.0 Å². The number of nitrogens with zero attached hydrogens (tertiary/aromatic N) is 1. The number of hydrogen-bond donors (Lipinski definition) is 1. The van der Waals surface area contributed by atoms with Gasteiger partial charge >= 0.3 is 6.18 Å². The van der Waals surface area contributed by atoms with Crippen LogP contribution in [0.5, 0.6) is 11.5 Å². The van der Waals surface area contributed by atoms with Gasteiger partial charge in [-0.2, -0.15) is 13.2 Å². The van der Waals surface area contributed by atoms with Crippen LogP contribution in [0.2, 0.25) is 5.02 Å². The van der Waals surface area contributed by atoms with Crippen LogP contribution in [0.3, 0.4) is 0 Å². The fourth-order valence-corrected chi connectivity index (χ4v) is 8.19. The average molecular weight is 664 g/mol. The minimum Gasteiger partial charge on any atom is -0.508 e. The number of fused-ring (bicyclic) bond motifs is 2. The Morgan fingerprint density at radius 3 is 2.13 bits per heavy atom. The second-order valence-corrected chi connectivity index (χ2v) is 14.0. The van der Waals surface area contributed by atoms with E-state index >= 15 is 0 Å². The van der Waals surface area contributed by atoms with Crippen molar-refractivity contribution in [3.05, 3.63) is 88.9 Å². The quantitative estimate of drug-likeness (QED) is 0.175. The summed E-state index contributed by atoms with van der Waals surface area (Å²) in [6.45, 7) is 1.12. The van der Waals surface area contributed by atoms with Gasteiger partial charge in [0.05, 0.1) is 18.4 Å². The highest BCUT2D eigenvalue weighted by molar-refractivity contribution is 7.93. The highest BCUT2D eigenvalue weighted by atomic mass is 35.5. The molecular formula is C34H37ClF3NO5S. The van der Waals surface area contributed by atoms with Crippen LogP contribution in [-0.2, 0) is 14.8 Å². The van der Waals surface area contributed by atoms with Gasteiger partial charge in [-0.05, 0) is 83.6 Å². The summed E-state index contributed by atoms with van der Waals surface area (Å²) < 4.78 is 81.8. The monoisotopic (exact) mass is 663 g/mol. The van der Waals surface area contributed by atoms with Crippen LogP contribution >= 0.6 is 11.6 Å². The molecule has 45 heavy (non-hydrogen) atoms. The van der Waals surface area contributed by atoms with E-state index in [0.717, 1.165) is 29.7 Å². The summed E-state index contributed by atoms with van der Waals surface area (Å²) in [4.78, 5) is 0. The van der Waals surface area contributed by atoms with Gasteiger partial charge in [-0.1, -0.05) is 74.9 Å². The van der Waals surface area contributed by atoms with Crippen LogP contribution in [0.25, 0.3) is 11.1 Å². The number of unbranched alkanes of at least 4 members (excludes halogenated alkanes) is 5. The Bertz CT molecular complexity index is 1580. The number of phenols is 1. The van der Waals surface area contributed by atoms with E-state index in [0.29, 0.717) is 22.0 Å². The molecule has 11 heteroatoms. The second-order valence-electron chi connectivity index (χ2n) is 11.5. The molecule has 3 aromatic rings. The van der Waals surface area contributed by atoms with E-state index in [9.17, 15) is 26.7 Å². The third-order valence-corrected chi connectivity index (χ3v) is 10.6. The molecule has 2 aliphatic heterocycles. The van der Waals surface area contributed by atoms with Crippen LogP contribution in [-0.4, -0.2) is 50.3 Å². The molecule has 2 heterocycles. The highest BCUT2D eigenvalue weighted by Gasteiger charge is 2.55. The van der Waals surface area contributed by atoms with Crippen molar-refractivity contribution < 1.29 is 36.2 Å². The Morgan fingerprint density at radius 1 is 0.889 bits per heavy atom. The predicted octanol–water partition coefficient (Wildman–Crippen LogP) is 8.63. The van der Waals surface area contributed by atoms with Crippen molar-refractivity contribution in [1.82, 2.24) is 0 Å². The maximum atomic E-state index is 14.0. The SMILES string of the molecule is CCCCCCCCOc1ccc(C2=C(c3ccc(O)cc3)[C@H]3O[C@@H]2C[C@@H]3S(=O)(=O)N(CC(F)(F)F)c2ccc(Cl)cc2)cc1. The predicted molar refractivity (Wildman–Crippen MR) is 171 cm³/mol. The second kappa shape index (κ2) is 14.1. The molecule has 0 aromatic heterocycles. The van der Waals surface area contributed by atoms with Crippen molar-refractivity contribution in [3.8, 4) is 11.5 Å². The number of benzene rings is 3. The van der Waals surface area contributed by atoms with Crippen LogP contribution in [0.1, 0.15) is 63.0 Å². The summed E-state index contributed by atoms with van der Waals surface area (Å²) in [6, 6.07) is 19.0. The number of ether oxygens (including phenoxy) is 2. The van der Waals surface area contributed by atoms with E-state index in [1.54, 1.807) is 12.1 Å². The molecule has 2 bridgehead atoms. The molecule has 0 amide bonds. The molecule has 0 saturated carbocycles. The number of sulfonamides is 1. The van der Waals surface area contributed by atoms with E-state index in [2.05, 4.69) is 6.92 Å². The highest BCUT2D eigenvalue weighted by Crippen LogP contribution is 2.51. The number of aromatic hydroxyl groups is 1. The lowest BCUT2D eigenvalue weighted by Crippen LogP contribution is -2.47. The maximum Gasteiger partial charge on any atom is 0.407 e. The molecule has 0 aliphatic carbocycles. The topological polar surface area (TPSA) is 76.1 Å². The van der Waals surface area contributed by atoms with E-state index in [-0.39, 0.29) is 22.9 Å². The minimum atomic E-state index is -4.79. The Balaban J connectivity index is 1.43. The molecule has 242 valence electrons. The van der Waals surface area contributed by atoms with Gasteiger partial charge in [0, 0.05) is 5.02 Å². The molecule has 5 rings (SSSR count). The lowest BCUT2D eigenvalue weighted by atomic mass is 9.83. The van der Waals surface area contributed by atoms with Crippen molar-refractivity contribution in [2.75, 3.05) is 17.5 Å². The molecule has 3 atom stereocenters. The Morgan fingerprint density at radius 2 is 1.49 bits per heavy atom. The smallest absolute Gasteiger partial charge is 0.407 e. The fourth-order valence-electron chi connectivity index (χ4n) is 6.07. The minimum absolute atomic E-state index is 0.0118. The summed E-state index contributed by atoms with van der Waals surface area (Å²) in [5, 5.41) is 8.92. The van der Waals surface area contributed by atoms with Gasteiger partial charge in [0.15, 0.2) is 0 Å². The van der Waals surface area contributed by atoms with Crippen LogP contribution in [0.15, 0.2) is 72.8 Å². The van der Waals surface area contributed by atoms with Crippen LogP contribution in [0.4, 0.5) is 18.9 Å². The summed E-state index contributed by atoms with van der Waals surface area (Å²) >= 11 is 5.94. The van der Waals surface area contributed by atoms with Gasteiger partial charge in [-0.15, -0.1) is 0 Å². The number of phenolic OH excluding ortho intramolecular Hbond substituents is 1. The number of rotatable bonds is 14. The Hall–Kier alpha value is -3.21. The Kier molecular flexibility index (Phi) is 10.4. The standard InChI is InChI=1S/C34H37ClF3NO5S/c1-2-3-4-5-6-7-20-43-28-18-10-23(11-19-28)31-29-21-30(33(44-29)32(31)24-8-16-27(40)17-9-24)45(41,42)39(22-34(36,37)38)26-14-12-25(35)13-15-26/h8-19,29-30,33,40H,2-7,20-22H2,1H3/t29-,30+,33+/m1/s1. The molecule has 2 aliphatic rings. The summed E-state index contributed by atoms with van der Waals surface area (Å²) in [7, 11) is -4.57. The molecule has 1 N–H and O–H groups in total. The Labute approximate surface area is 267 Å². The van der Waals surface area contributed by atoms with Crippen LogP contribution in [0, 0.1) is 0 Å². The van der Waals surface area contributed by atoms with Crippen molar-refractivity contribution >= 4 is 38.5 Å². The van der Waals surface area contributed by atoms with Gasteiger partial charge < -0.3 is 14.6 Å². The van der Waals surface area contributed by atoms with Gasteiger partial charge in [-0.3, -0.25) is 4.31 Å². The lowest BCUT2D eigenvalue weighted by molar-refractivity contribution is -0.117. The molecule has 1 fully saturated rings. The fraction of sp³-hybridized carbons (Fsp3) is 0.412. The normalized spacial score (nSPS) is 19.7. The average Bonchev–Trinajstić information content (AvgIpc) is 3.60. The first-order valence-corrected chi connectivity index (χ1v) is 17.1. The van der Waals surface area contributed by atoms with E-state index in [1.807, 2.05) is 24.3 Å². The number of hydrogen-bond acceptors (Lipinski definition) is 5. The lowest BCUT2D eigenvalue weighted by Gasteiger charge is -2.32. The molecule has 0 radical (unpaired) electrons. The summed E-state index contributed by atoms with van der Waals surface area (Å²) in [6.07, 6.45) is 0.480. The molecule has 1 saturated heterocycles.